The van der Waals surface area contributed by atoms with Crippen molar-refractivity contribution in [2.45, 2.75) is 6.54 Å². The van der Waals surface area contributed by atoms with Crippen molar-refractivity contribution in [1.29, 1.82) is 0 Å². The summed E-state index contributed by atoms with van der Waals surface area (Å²) in [6, 6.07) is 13.5. The van der Waals surface area contributed by atoms with Crippen LogP contribution in [0.2, 0.25) is 5.02 Å². The van der Waals surface area contributed by atoms with E-state index < -0.39 is 5.63 Å². The third-order valence-electron chi connectivity index (χ3n) is 3.14. The largest absolute Gasteiger partial charge is 0.508 e. The topological polar surface area (TPSA) is 62.5 Å². The Balaban J connectivity index is 1.93. The first-order valence-corrected chi connectivity index (χ1v) is 6.75. The summed E-state index contributed by atoms with van der Waals surface area (Å²) in [5.74, 6) is 0.0634. The Morgan fingerprint density at radius 2 is 1.86 bits per heavy atom. The van der Waals surface area contributed by atoms with Crippen LogP contribution in [0.4, 0.5) is 5.69 Å². The van der Waals surface area contributed by atoms with Gasteiger partial charge >= 0.3 is 5.63 Å². The van der Waals surface area contributed by atoms with Crippen LogP contribution < -0.4 is 10.9 Å². The van der Waals surface area contributed by atoms with Gasteiger partial charge in [-0.15, -0.1) is 0 Å². The number of halogens is 1. The number of benzene rings is 2. The molecule has 0 radical (unpaired) electrons. The Kier molecular flexibility index (Phi) is 3.54. The highest BCUT2D eigenvalue weighted by atomic mass is 35.5. The second-order valence-corrected chi connectivity index (χ2v) is 5.07. The maximum Gasteiger partial charge on any atom is 0.336 e. The van der Waals surface area contributed by atoms with Crippen LogP contribution in [0.3, 0.4) is 0 Å². The molecule has 3 aromatic rings. The highest BCUT2D eigenvalue weighted by Gasteiger charge is 2.06. The van der Waals surface area contributed by atoms with Crippen LogP contribution in [-0.4, -0.2) is 5.11 Å². The monoisotopic (exact) mass is 301 g/mol. The minimum atomic E-state index is -0.444. The first-order valence-electron chi connectivity index (χ1n) is 6.37. The van der Waals surface area contributed by atoms with E-state index in [1.165, 1.54) is 12.1 Å². The third-order valence-corrected chi connectivity index (χ3v) is 3.39. The summed E-state index contributed by atoms with van der Waals surface area (Å²) in [5.41, 5.74) is 1.63. The first-order chi connectivity index (χ1) is 10.1. The summed E-state index contributed by atoms with van der Waals surface area (Å²) in [4.78, 5) is 11.6. The van der Waals surface area contributed by atoms with Gasteiger partial charge in [0.2, 0.25) is 0 Å². The van der Waals surface area contributed by atoms with Gasteiger partial charge < -0.3 is 14.8 Å². The molecule has 106 valence electrons. The molecule has 0 saturated carbocycles. The molecule has 0 saturated heterocycles. The van der Waals surface area contributed by atoms with Crippen molar-refractivity contribution in [2.75, 3.05) is 5.32 Å². The number of rotatable bonds is 3. The van der Waals surface area contributed by atoms with Crippen molar-refractivity contribution in [3.8, 4) is 5.75 Å². The van der Waals surface area contributed by atoms with E-state index in [1.807, 2.05) is 12.1 Å². The number of hydrogen-bond donors (Lipinski definition) is 2. The number of aromatic hydroxyl groups is 1. The van der Waals surface area contributed by atoms with Gasteiger partial charge in [-0.1, -0.05) is 11.6 Å². The fourth-order valence-electron chi connectivity index (χ4n) is 2.13. The maximum atomic E-state index is 11.6. The molecule has 2 N–H and O–H groups in total. The lowest BCUT2D eigenvalue weighted by Crippen LogP contribution is -2.05. The van der Waals surface area contributed by atoms with Crippen LogP contribution in [0, 0.1) is 0 Å². The lowest BCUT2D eigenvalue weighted by Gasteiger charge is -2.09. The van der Waals surface area contributed by atoms with E-state index in [4.69, 9.17) is 16.0 Å². The Morgan fingerprint density at radius 3 is 2.62 bits per heavy atom. The van der Waals surface area contributed by atoms with Gasteiger partial charge in [0, 0.05) is 34.8 Å². The van der Waals surface area contributed by atoms with Crippen molar-refractivity contribution in [2.24, 2.45) is 0 Å². The number of fused-ring (bicyclic) bond motifs is 1. The molecule has 0 atom stereocenters. The van der Waals surface area contributed by atoms with Crippen LogP contribution in [0.5, 0.6) is 5.75 Å². The van der Waals surface area contributed by atoms with Gasteiger partial charge in [0.1, 0.15) is 11.3 Å². The Morgan fingerprint density at radius 1 is 1.10 bits per heavy atom. The molecule has 0 bridgehead atoms. The third kappa shape index (κ3) is 3.01. The fourth-order valence-corrected chi connectivity index (χ4v) is 2.26. The van der Waals surface area contributed by atoms with Crippen LogP contribution in [0.25, 0.3) is 11.0 Å². The Bertz CT molecular complexity index is 840. The lowest BCUT2D eigenvalue weighted by molar-refractivity contribution is 0.473. The molecule has 0 spiro atoms. The van der Waals surface area contributed by atoms with Gasteiger partial charge in [-0.3, -0.25) is 0 Å². The second kappa shape index (κ2) is 5.50. The molecule has 0 aliphatic carbocycles. The molecule has 3 rings (SSSR count). The predicted octanol–water partition coefficient (Wildman–Crippen LogP) is 3.76. The minimum Gasteiger partial charge on any atom is -0.508 e. The van der Waals surface area contributed by atoms with Gasteiger partial charge in [0.25, 0.3) is 0 Å². The zero-order chi connectivity index (χ0) is 14.8. The number of anilines is 1. The SMILES string of the molecule is O=c1cc(CNc2ccc(Cl)cc2)c2ccc(O)cc2o1. The Labute approximate surface area is 125 Å². The maximum absolute atomic E-state index is 11.6. The lowest BCUT2D eigenvalue weighted by atomic mass is 10.1. The van der Waals surface area contributed by atoms with Crippen LogP contribution in [0.15, 0.2) is 57.7 Å². The highest BCUT2D eigenvalue weighted by molar-refractivity contribution is 6.30. The molecular formula is C16H12ClNO3. The molecule has 2 aromatic carbocycles. The summed E-state index contributed by atoms with van der Waals surface area (Å²) >= 11 is 5.84. The predicted molar refractivity (Wildman–Crippen MR) is 82.9 cm³/mol. The van der Waals surface area contributed by atoms with Crippen molar-refractivity contribution in [1.82, 2.24) is 0 Å². The Hall–Kier alpha value is -2.46. The van der Waals surface area contributed by atoms with Gasteiger partial charge in [-0.05, 0) is 42.0 Å². The number of phenols is 1. The molecule has 0 aliphatic heterocycles. The fraction of sp³-hybridized carbons (Fsp3) is 0.0625. The van der Waals surface area contributed by atoms with Gasteiger partial charge in [0.15, 0.2) is 0 Å². The van der Waals surface area contributed by atoms with E-state index in [-0.39, 0.29) is 5.75 Å². The van der Waals surface area contributed by atoms with E-state index in [2.05, 4.69) is 5.32 Å². The van der Waals surface area contributed by atoms with Crippen molar-refractivity contribution < 1.29 is 9.52 Å². The van der Waals surface area contributed by atoms with E-state index in [9.17, 15) is 9.90 Å². The van der Waals surface area contributed by atoms with Gasteiger partial charge in [-0.25, -0.2) is 4.79 Å². The summed E-state index contributed by atoms with van der Waals surface area (Å²) in [6.45, 7) is 0.467. The molecule has 0 aliphatic rings. The van der Waals surface area contributed by atoms with E-state index in [0.29, 0.717) is 17.2 Å². The molecule has 5 heteroatoms. The molecule has 0 amide bonds. The number of nitrogens with one attached hydrogen (secondary N) is 1. The zero-order valence-corrected chi connectivity index (χ0v) is 11.7. The zero-order valence-electron chi connectivity index (χ0n) is 11.0. The van der Waals surface area contributed by atoms with E-state index in [0.717, 1.165) is 16.6 Å². The van der Waals surface area contributed by atoms with Gasteiger partial charge in [-0.2, -0.15) is 0 Å². The van der Waals surface area contributed by atoms with E-state index >= 15 is 0 Å². The molecule has 4 nitrogen and oxygen atoms in total. The van der Waals surface area contributed by atoms with Gasteiger partial charge in [0.05, 0.1) is 0 Å². The molecular weight excluding hydrogens is 290 g/mol. The summed E-state index contributed by atoms with van der Waals surface area (Å²) in [5, 5.41) is 14.1. The van der Waals surface area contributed by atoms with Crippen molar-refractivity contribution in [3.05, 3.63) is 69.5 Å². The average Bonchev–Trinajstić information content (AvgIpc) is 2.45. The molecule has 21 heavy (non-hydrogen) atoms. The van der Waals surface area contributed by atoms with Crippen LogP contribution >= 0.6 is 11.6 Å². The number of hydrogen-bond acceptors (Lipinski definition) is 4. The normalized spacial score (nSPS) is 10.7. The smallest absolute Gasteiger partial charge is 0.336 e. The molecule has 0 unspecified atom stereocenters. The summed E-state index contributed by atoms with van der Waals surface area (Å²) < 4.78 is 5.09. The molecule has 0 fully saturated rings. The highest BCUT2D eigenvalue weighted by Crippen LogP contribution is 2.22. The quantitative estimate of drug-likeness (QED) is 0.723. The number of phenolic OH excluding ortho intramolecular Hbond substituents is 1. The van der Waals surface area contributed by atoms with Crippen LogP contribution in [0.1, 0.15) is 5.56 Å². The average molecular weight is 302 g/mol. The summed E-state index contributed by atoms with van der Waals surface area (Å²) in [6.07, 6.45) is 0. The van der Waals surface area contributed by atoms with Crippen molar-refractivity contribution >= 4 is 28.3 Å². The standard InChI is InChI=1S/C16H12ClNO3/c17-11-1-3-12(4-2-11)18-9-10-7-16(20)21-15-8-13(19)5-6-14(10)15/h1-8,18-19H,9H2. The van der Waals surface area contributed by atoms with Crippen LogP contribution in [-0.2, 0) is 6.54 Å². The van der Waals surface area contributed by atoms with E-state index in [1.54, 1.807) is 24.3 Å². The molecule has 1 aromatic heterocycles. The minimum absolute atomic E-state index is 0.0634. The summed E-state index contributed by atoms with van der Waals surface area (Å²) in [7, 11) is 0. The van der Waals surface area contributed by atoms with Crippen molar-refractivity contribution in [3.63, 3.8) is 0 Å². The second-order valence-electron chi connectivity index (χ2n) is 4.63. The first kappa shape index (κ1) is 13.5. The molecule has 1 heterocycles.